The van der Waals surface area contributed by atoms with Crippen LogP contribution < -0.4 is 10.6 Å². The first-order chi connectivity index (χ1) is 10.3. The fraction of sp³-hybridized carbons (Fsp3) is 0.500. The van der Waals surface area contributed by atoms with Crippen molar-refractivity contribution in [2.24, 2.45) is 0 Å². The number of rotatable bonds is 9. The average molecular weight is 311 g/mol. The molecule has 0 rings (SSSR count). The molecule has 122 valence electrons. The summed E-state index contributed by atoms with van der Waals surface area (Å²) in [6.45, 7) is 2.90. The Morgan fingerprint density at radius 3 is 2.41 bits per heavy atom. The third-order valence-electron chi connectivity index (χ3n) is 2.65. The van der Waals surface area contributed by atoms with Crippen LogP contribution in [0.3, 0.4) is 0 Å². The first-order valence-corrected chi connectivity index (χ1v) is 6.71. The highest BCUT2D eigenvalue weighted by Crippen LogP contribution is 1.92. The molecule has 2 N–H and O–H groups in total. The number of nitrogens with one attached hydrogen (secondary N) is 2. The quantitative estimate of drug-likeness (QED) is 0.410. The summed E-state index contributed by atoms with van der Waals surface area (Å²) in [7, 11) is 1.49. The fourth-order valence-electron chi connectivity index (χ4n) is 1.37. The predicted molar refractivity (Wildman–Crippen MR) is 78.8 cm³/mol. The maximum Gasteiger partial charge on any atom is 0.246 e. The van der Waals surface area contributed by atoms with Gasteiger partial charge in [-0.25, -0.2) is 0 Å². The SMILES string of the molecule is CC(=O)CNC(=O)C(C)NC(=O)CCN(C)C(=O)/C=C\C=O. The van der Waals surface area contributed by atoms with Gasteiger partial charge in [0.2, 0.25) is 17.7 Å². The lowest BCUT2D eigenvalue weighted by Gasteiger charge is -2.17. The molecule has 0 aliphatic rings. The second-order valence-corrected chi connectivity index (χ2v) is 4.71. The van der Waals surface area contributed by atoms with Crippen LogP contribution in [0.25, 0.3) is 0 Å². The summed E-state index contributed by atoms with van der Waals surface area (Å²) < 4.78 is 0. The summed E-state index contributed by atoms with van der Waals surface area (Å²) in [6, 6.07) is -0.775. The van der Waals surface area contributed by atoms with Gasteiger partial charge in [0.25, 0.3) is 0 Å². The Morgan fingerprint density at radius 1 is 1.23 bits per heavy atom. The van der Waals surface area contributed by atoms with Gasteiger partial charge in [-0.3, -0.25) is 24.0 Å². The van der Waals surface area contributed by atoms with Crippen LogP contribution in [0.4, 0.5) is 0 Å². The first-order valence-electron chi connectivity index (χ1n) is 6.71. The molecule has 1 atom stereocenters. The fourth-order valence-corrected chi connectivity index (χ4v) is 1.37. The third kappa shape index (κ3) is 8.62. The molecule has 0 bridgehead atoms. The summed E-state index contributed by atoms with van der Waals surface area (Å²) >= 11 is 0. The van der Waals surface area contributed by atoms with E-state index in [9.17, 15) is 24.0 Å². The van der Waals surface area contributed by atoms with Crippen molar-refractivity contribution in [3.63, 3.8) is 0 Å². The van der Waals surface area contributed by atoms with Gasteiger partial charge in [0.05, 0.1) is 6.54 Å². The Morgan fingerprint density at radius 2 is 1.86 bits per heavy atom. The van der Waals surface area contributed by atoms with E-state index in [1.165, 1.54) is 25.8 Å². The maximum absolute atomic E-state index is 11.7. The van der Waals surface area contributed by atoms with Crippen LogP contribution >= 0.6 is 0 Å². The van der Waals surface area contributed by atoms with Crippen molar-refractivity contribution >= 4 is 29.8 Å². The number of ketones is 1. The molecule has 0 aromatic carbocycles. The van der Waals surface area contributed by atoms with Crippen LogP contribution in [0, 0.1) is 0 Å². The summed E-state index contributed by atoms with van der Waals surface area (Å²) in [5.74, 6) is -1.44. The number of likely N-dealkylation sites (N-methyl/N-ethyl adjacent to an activating group) is 1. The van der Waals surface area contributed by atoms with E-state index in [0.717, 1.165) is 12.2 Å². The van der Waals surface area contributed by atoms with Gasteiger partial charge < -0.3 is 15.5 Å². The summed E-state index contributed by atoms with van der Waals surface area (Å²) in [5, 5.41) is 4.85. The Labute approximate surface area is 128 Å². The largest absolute Gasteiger partial charge is 0.347 e. The topological polar surface area (TPSA) is 113 Å². The van der Waals surface area contributed by atoms with Crippen molar-refractivity contribution in [1.82, 2.24) is 15.5 Å². The van der Waals surface area contributed by atoms with E-state index < -0.39 is 23.8 Å². The minimum absolute atomic E-state index is 0.0154. The normalized spacial score (nSPS) is 11.6. The number of aldehydes is 1. The van der Waals surface area contributed by atoms with Gasteiger partial charge in [-0.15, -0.1) is 0 Å². The van der Waals surface area contributed by atoms with Gasteiger partial charge in [-0.2, -0.15) is 0 Å². The van der Waals surface area contributed by atoms with Gasteiger partial charge in [-0.05, 0) is 19.9 Å². The van der Waals surface area contributed by atoms with Gasteiger partial charge in [-0.1, -0.05) is 0 Å². The van der Waals surface area contributed by atoms with Crippen molar-refractivity contribution in [2.45, 2.75) is 26.3 Å². The van der Waals surface area contributed by atoms with E-state index >= 15 is 0 Å². The lowest BCUT2D eigenvalue weighted by molar-refractivity contribution is -0.130. The molecule has 0 aromatic rings. The number of hydrogen-bond acceptors (Lipinski definition) is 5. The van der Waals surface area contributed by atoms with Crippen molar-refractivity contribution < 1.29 is 24.0 Å². The van der Waals surface area contributed by atoms with Crippen LogP contribution in [0.2, 0.25) is 0 Å². The number of Topliss-reactive ketones (excluding diaryl/α,β-unsaturated/α-hetero) is 1. The second-order valence-electron chi connectivity index (χ2n) is 4.71. The zero-order valence-electron chi connectivity index (χ0n) is 12.9. The van der Waals surface area contributed by atoms with E-state index in [4.69, 9.17) is 0 Å². The van der Waals surface area contributed by atoms with Gasteiger partial charge in [0.1, 0.15) is 18.1 Å². The van der Waals surface area contributed by atoms with Crippen molar-refractivity contribution in [3.8, 4) is 0 Å². The highest BCUT2D eigenvalue weighted by Gasteiger charge is 2.16. The molecule has 0 fully saturated rings. The van der Waals surface area contributed by atoms with Crippen molar-refractivity contribution in [3.05, 3.63) is 12.2 Å². The molecular weight excluding hydrogens is 290 g/mol. The monoisotopic (exact) mass is 311 g/mol. The molecule has 3 amide bonds. The predicted octanol–water partition coefficient (Wildman–Crippen LogP) is -1.20. The van der Waals surface area contributed by atoms with Crippen LogP contribution in [0.5, 0.6) is 0 Å². The first kappa shape index (κ1) is 19.5. The van der Waals surface area contributed by atoms with Crippen molar-refractivity contribution in [2.75, 3.05) is 20.1 Å². The number of allylic oxidation sites excluding steroid dienone is 1. The standard InChI is InChI=1S/C14H21N3O5/c1-10(19)9-15-14(22)11(2)16-12(20)6-7-17(3)13(21)5-4-8-18/h4-5,8,11H,6-7,9H2,1-3H3,(H,15,22)(H,16,20)/b5-4-. The Kier molecular flexibility index (Phi) is 9.08. The molecule has 0 saturated heterocycles. The minimum Gasteiger partial charge on any atom is -0.347 e. The molecule has 22 heavy (non-hydrogen) atoms. The molecule has 0 aliphatic carbocycles. The van der Waals surface area contributed by atoms with Crippen LogP contribution in [-0.2, 0) is 24.0 Å². The molecule has 0 spiro atoms. The lowest BCUT2D eigenvalue weighted by Crippen LogP contribution is -2.46. The van der Waals surface area contributed by atoms with Crippen molar-refractivity contribution in [1.29, 1.82) is 0 Å². The number of carbonyl (C=O) groups is 5. The van der Waals surface area contributed by atoms with Gasteiger partial charge in [0.15, 0.2) is 0 Å². The van der Waals surface area contributed by atoms with E-state index in [0.29, 0.717) is 6.29 Å². The van der Waals surface area contributed by atoms with Gasteiger partial charge in [0, 0.05) is 26.1 Å². The minimum atomic E-state index is -0.775. The van der Waals surface area contributed by atoms with E-state index in [1.807, 2.05) is 0 Å². The summed E-state index contributed by atoms with van der Waals surface area (Å²) in [5.41, 5.74) is 0. The molecule has 0 radical (unpaired) electrons. The van der Waals surface area contributed by atoms with E-state index in [-0.39, 0.29) is 25.3 Å². The average Bonchev–Trinajstić information content (AvgIpc) is 2.47. The molecule has 0 saturated carbocycles. The maximum atomic E-state index is 11.7. The highest BCUT2D eigenvalue weighted by molar-refractivity contribution is 5.92. The third-order valence-corrected chi connectivity index (χ3v) is 2.65. The Bertz CT molecular complexity index is 473. The molecule has 8 nitrogen and oxygen atoms in total. The number of hydrogen-bond donors (Lipinski definition) is 2. The Hall–Kier alpha value is -2.51. The molecule has 1 unspecified atom stereocenters. The number of nitrogens with zero attached hydrogens (tertiary/aromatic N) is 1. The summed E-state index contributed by atoms with van der Waals surface area (Å²) in [4.78, 5) is 56.8. The number of amides is 3. The second kappa shape index (κ2) is 10.3. The molecule has 0 aromatic heterocycles. The van der Waals surface area contributed by atoms with Gasteiger partial charge >= 0.3 is 0 Å². The van der Waals surface area contributed by atoms with E-state index in [1.54, 1.807) is 0 Å². The smallest absolute Gasteiger partial charge is 0.246 e. The molecule has 0 heterocycles. The molecule has 0 aliphatic heterocycles. The van der Waals surface area contributed by atoms with E-state index in [2.05, 4.69) is 10.6 Å². The molecular formula is C14H21N3O5. The number of carbonyl (C=O) groups excluding carboxylic acids is 5. The summed E-state index contributed by atoms with van der Waals surface area (Å²) in [6.07, 6.45) is 2.67. The zero-order chi connectivity index (χ0) is 17.1. The molecule has 8 heteroatoms. The van der Waals surface area contributed by atoms with Crippen LogP contribution in [0.1, 0.15) is 20.3 Å². The van der Waals surface area contributed by atoms with Crippen LogP contribution in [-0.4, -0.2) is 60.9 Å². The van der Waals surface area contributed by atoms with Crippen LogP contribution in [0.15, 0.2) is 12.2 Å². The Balaban J connectivity index is 4.14. The lowest BCUT2D eigenvalue weighted by atomic mass is 10.2. The zero-order valence-corrected chi connectivity index (χ0v) is 12.9. The highest BCUT2D eigenvalue weighted by atomic mass is 16.2.